The number of Topliss-reactive ketones (excluding diaryl/α,β-unsaturated/α-hetero) is 2. The third-order valence-electron chi connectivity index (χ3n) is 8.14. The molecule has 5 rings (SSSR count). The van der Waals surface area contributed by atoms with E-state index in [1.54, 1.807) is 26.0 Å². The van der Waals surface area contributed by atoms with Crippen molar-refractivity contribution in [1.29, 1.82) is 0 Å². The molecule has 0 radical (unpaired) electrons. The molecule has 9 nitrogen and oxygen atoms in total. The minimum absolute atomic E-state index is 0.0420. The van der Waals surface area contributed by atoms with E-state index in [-0.39, 0.29) is 61.4 Å². The summed E-state index contributed by atoms with van der Waals surface area (Å²) in [4.78, 5) is 65.6. The second-order valence-corrected chi connectivity index (χ2v) is 10.4. The first-order valence-electron chi connectivity index (χ1n) is 12.3. The lowest BCUT2D eigenvalue weighted by Crippen LogP contribution is -2.40. The van der Waals surface area contributed by atoms with Crippen LogP contribution in [0.15, 0.2) is 35.9 Å². The van der Waals surface area contributed by atoms with E-state index < -0.39 is 51.6 Å². The molecule has 0 fully saturated rings. The molecule has 3 aromatic rings. The van der Waals surface area contributed by atoms with Gasteiger partial charge in [0.15, 0.2) is 23.1 Å². The fourth-order valence-corrected chi connectivity index (χ4v) is 6.19. The number of fused-ring (bicyclic) bond motifs is 3. The van der Waals surface area contributed by atoms with Gasteiger partial charge in [0.1, 0.15) is 22.8 Å². The van der Waals surface area contributed by atoms with Gasteiger partial charge in [-0.1, -0.05) is 12.1 Å². The van der Waals surface area contributed by atoms with Gasteiger partial charge in [0.25, 0.3) is 0 Å². The maximum atomic E-state index is 14.1. The van der Waals surface area contributed by atoms with Crippen LogP contribution in [0.4, 0.5) is 0 Å². The van der Waals surface area contributed by atoms with Gasteiger partial charge in [0.05, 0.1) is 11.1 Å². The Morgan fingerprint density at radius 1 is 0.775 bits per heavy atom. The summed E-state index contributed by atoms with van der Waals surface area (Å²) >= 11 is 0. The first-order valence-corrected chi connectivity index (χ1v) is 12.3. The molecule has 0 aromatic heterocycles. The highest BCUT2D eigenvalue weighted by atomic mass is 16.4. The number of allylic oxidation sites excluding steroid dienone is 2. The molecule has 4 N–H and O–H groups in total. The van der Waals surface area contributed by atoms with Crippen molar-refractivity contribution in [2.24, 2.45) is 0 Å². The number of aryl methyl sites for hydroxylation is 1. The van der Waals surface area contributed by atoms with Crippen molar-refractivity contribution in [3.05, 3.63) is 97.1 Å². The molecule has 3 aromatic carbocycles. The molecule has 2 aliphatic carbocycles. The van der Waals surface area contributed by atoms with Crippen LogP contribution in [0, 0.1) is 20.8 Å². The molecular weight excluding hydrogens is 516 g/mol. The second-order valence-electron chi connectivity index (χ2n) is 10.4. The number of hydrogen-bond donors (Lipinski definition) is 4. The lowest BCUT2D eigenvalue weighted by atomic mass is 9.59. The van der Waals surface area contributed by atoms with Gasteiger partial charge in [0, 0.05) is 27.7 Å². The monoisotopic (exact) mass is 540 g/mol. The highest BCUT2D eigenvalue weighted by Gasteiger charge is 2.50. The number of carbonyl (C=O) groups is 5. The molecule has 0 aliphatic heterocycles. The molecule has 2 aliphatic rings. The Labute approximate surface area is 228 Å². The van der Waals surface area contributed by atoms with Gasteiger partial charge in [-0.25, -0.2) is 4.79 Å². The lowest BCUT2D eigenvalue weighted by molar-refractivity contribution is 0.0692. The number of phenols is 3. The molecule has 0 amide bonds. The van der Waals surface area contributed by atoms with E-state index >= 15 is 0 Å². The molecule has 0 heterocycles. The molecular formula is C31H24O9. The summed E-state index contributed by atoms with van der Waals surface area (Å²) in [5, 5.41) is 42.0. The molecule has 0 saturated carbocycles. The highest BCUT2D eigenvalue weighted by Crippen LogP contribution is 2.53. The van der Waals surface area contributed by atoms with Crippen LogP contribution in [0.2, 0.25) is 0 Å². The van der Waals surface area contributed by atoms with Crippen molar-refractivity contribution in [3.63, 3.8) is 0 Å². The molecule has 0 unspecified atom stereocenters. The van der Waals surface area contributed by atoms with Gasteiger partial charge in [-0.2, -0.15) is 0 Å². The molecule has 1 atom stereocenters. The van der Waals surface area contributed by atoms with Crippen LogP contribution in [-0.2, 0) is 5.41 Å². The Bertz CT molecular complexity index is 1820. The summed E-state index contributed by atoms with van der Waals surface area (Å²) in [6.45, 7) is 7.16. The minimum atomic E-state index is -1.63. The number of rotatable bonds is 3. The predicted molar refractivity (Wildman–Crippen MR) is 142 cm³/mol. The van der Waals surface area contributed by atoms with E-state index in [2.05, 4.69) is 0 Å². The molecule has 0 spiro atoms. The number of ketones is 4. The van der Waals surface area contributed by atoms with Crippen LogP contribution >= 0.6 is 0 Å². The maximum absolute atomic E-state index is 14.1. The number of carboxylic acid groups (broad SMARTS) is 1. The summed E-state index contributed by atoms with van der Waals surface area (Å²) < 4.78 is 0. The first-order chi connectivity index (χ1) is 18.6. The summed E-state index contributed by atoms with van der Waals surface area (Å²) in [5.74, 6) is -5.43. The van der Waals surface area contributed by atoms with E-state index in [0.29, 0.717) is 5.56 Å². The zero-order valence-corrected chi connectivity index (χ0v) is 22.2. The zero-order valence-electron chi connectivity index (χ0n) is 22.2. The van der Waals surface area contributed by atoms with E-state index in [9.17, 15) is 44.4 Å². The van der Waals surface area contributed by atoms with Crippen molar-refractivity contribution in [2.75, 3.05) is 0 Å². The SMILES string of the molecule is CC(=O)c1c(O)cc2c(c1C)C(=O)C=C([C@]1(C)c3cc(O)c(C(=O)O)c(C)c3C(=O)c3c1ccc(C)c3O)C2=O. The zero-order chi connectivity index (χ0) is 29.6. The van der Waals surface area contributed by atoms with Crippen LogP contribution in [0.5, 0.6) is 17.2 Å². The molecule has 9 heteroatoms. The Kier molecular flexibility index (Phi) is 5.63. The van der Waals surface area contributed by atoms with Crippen LogP contribution < -0.4 is 0 Å². The van der Waals surface area contributed by atoms with Crippen molar-refractivity contribution < 1.29 is 44.4 Å². The standard InChI is InChI=1S/C31H24O9/c1-11-6-7-16-26(27(11)36)29(38)24-13(3)25(30(39)40)21(35)9-17(24)31(16,5)18-10-20(34)23-12(2)22(14(4)32)19(33)8-15(23)28(18)37/h6-10,33,35-36H,1-5H3,(H,39,40)/t31-/m0/s1. The molecule has 40 heavy (non-hydrogen) atoms. The Balaban J connectivity index is 1.91. The van der Waals surface area contributed by atoms with Gasteiger partial charge in [0.2, 0.25) is 0 Å². The van der Waals surface area contributed by atoms with Gasteiger partial charge >= 0.3 is 5.97 Å². The number of carboxylic acids is 1. The van der Waals surface area contributed by atoms with Crippen LogP contribution in [0.3, 0.4) is 0 Å². The summed E-state index contributed by atoms with van der Waals surface area (Å²) in [7, 11) is 0. The molecule has 0 bridgehead atoms. The largest absolute Gasteiger partial charge is 0.507 e. The maximum Gasteiger partial charge on any atom is 0.339 e. The summed E-state index contributed by atoms with van der Waals surface area (Å²) in [5.41, 5.74) is -2.13. The smallest absolute Gasteiger partial charge is 0.339 e. The van der Waals surface area contributed by atoms with E-state index in [0.717, 1.165) is 18.2 Å². The fourth-order valence-electron chi connectivity index (χ4n) is 6.19. The normalized spacial score (nSPS) is 17.6. The minimum Gasteiger partial charge on any atom is -0.507 e. The van der Waals surface area contributed by atoms with Crippen molar-refractivity contribution in [1.82, 2.24) is 0 Å². The lowest BCUT2D eigenvalue weighted by Gasteiger charge is -2.41. The van der Waals surface area contributed by atoms with Gasteiger partial charge in [-0.05, 0) is 80.6 Å². The van der Waals surface area contributed by atoms with Crippen molar-refractivity contribution in [2.45, 2.75) is 40.0 Å². The predicted octanol–water partition coefficient (Wildman–Crippen LogP) is 4.49. The van der Waals surface area contributed by atoms with Gasteiger partial charge in [-0.3, -0.25) is 19.2 Å². The van der Waals surface area contributed by atoms with Crippen molar-refractivity contribution >= 4 is 29.1 Å². The van der Waals surface area contributed by atoms with E-state index in [1.807, 2.05) is 0 Å². The topological polar surface area (TPSA) is 166 Å². The number of carbonyl (C=O) groups excluding carboxylic acids is 4. The Morgan fingerprint density at radius 3 is 1.98 bits per heavy atom. The quantitative estimate of drug-likeness (QED) is 0.350. The number of hydrogen-bond acceptors (Lipinski definition) is 8. The third-order valence-corrected chi connectivity index (χ3v) is 8.14. The number of aromatic carboxylic acids is 1. The molecule has 202 valence electrons. The van der Waals surface area contributed by atoms with E-state index in [4.69, 9.17) is 0 Å². The van der Waals surface area contributed by atoms with Gasteiger partial charge < -0.3 is 20.4 Å². The van der Waals surface area contributed by atoms with Gasteiger partial charge in [-0.15, -0.1) is 0 Å². The average Bonchev–Trinajstić information content (AvgIpc) is 2.85. The Hall–Kier alpha value is -5.05. The van der Waals surface area contributed by atoms with Crippen LogP contribution in [-0.4, -0.2) is 49.5 Å². The van der Waals surface area contributed by atoms with E-state index in [1.165, 1.54) is 20.8 Å². The first kappa shape index (κ1) is 26.6. The summed E-state index contributed by atoms with van der Waals surface area (Å²) in [6.07, 6.45) is 1.09. The van der Waals surface area contributed by atoms with Crippen LogP contribution in [0.25, 0.3) is 0 Å². The third kappa shape index (κ3) is 3.24. The van der Waals surface area contributed by atoms with Crippen LogP contribution in [0.1, 0.15) is 99.0 Å². The summed E-state index contributed by atoms with van der Waals surface area (Å²) in [6, 6.07) is 5.24. The highest BCUT2D eigenvalue weighted by molar-refractivity contribution is 6.28. The van der Waals surface area contributed by atoms with Crippen molar-refractivity contribution in [3.8, 4) is 17.2 Å². The Morgan fingerprint density at radius 2 is 1.38 bits per heavy atom. The number of phenolic OH excluding ortho intramolecular Hbond substituents is 2. The second kappa shape index (κ2) is 8.47. The number of aromatic hydroxyl groups is 3. The average molecular weight is 541 g/mol. The number of benzene rings is 3. The fraction of sp³-hybridized carbons (Fsp3) is 0.194. The molecule has 0 saturated heterocycles.